The number of hydrogen-bond acceptors (Lipinski definition) is 2. The number of carbonyl (C=O) groups excluding carboxylic acids is 1. The molecule has 0 bridgehead atoms. The lowest BCUT2D eigenvalue weighted by atomic mass is 9.96. The summed E-state index contributed by atoms with van der Waals surface area (Å²) in [6.07, 6.45) is 0. The lowest BCUT2D eigenvalue weighted by Gasteiger charge is -2.23. The average molecular weight is 314 g/mol. The highest BCUT2D eigenvalue weighted by Gasteiger charge is 2.16. The van der Waals surface area contributed by atoms with Gasteiger partial charge in [-0.15, -0.1) is 0 Å². The number of amides is 1. The van der Waals surface area contributed by atoms with Gasteiger partial charge in [0.25, 0.3) is 0 Å². The SMILES string of the molecule is Cc1ccccc1NC(=O)CN[C@@H](c1ccc(F)cc1)C(C)C. The van der Waals surface area contributed by atoms with Crippen molar-refractivity contribution >= 4 is 11.6 Å². The largest absolute Gasteiger partial charge is 0.325 e. The van der Waals surface area contributed by atoms with Gasteiger partial charge >= 0.3 is 0 Å². The zero-order chi connectivity index (χ0) is 16.8. The van der Waals surface area contributed by atoms with Gasteiger partial charge in [0.15, 0.2) is 0 Å². The van der Waals surface area contributed by atoms with Crippen LogP contribution in [0.5, 0.6) is 0 Å². The molecule has 23 heavy (non-hydrogen) atoms. The van der Waals surface area contributed by atoms with E-state index in [0.717, 1.165) is 16.8 Å². The smallest absolute Gasteiger partial charge is 0.238 e. The molecule has 0 unspecified atom stereocenters. The Morgan fingerprint density at radius 2 is 1.74 bits per heavy atom. The maximum absolute atomic E-state index is 13.1. The Labute approximate surface area is 136 Å². The number of hydrogen-bond donors (Lipinski definition) is 2. The third-order valence-corrected chi connectivity index (χ3v) is 3.80. The summed E-state index contributed by atoms with van der Waals surface area (Å²) in [6, 6.07) is 14.1. The molecule has 0 aliphatic carbocycles. The quantitative estimate of drug-likeness (QED) is 0.844. The molecule has 0 aliphatic rings. The van der Waals surface area contributed by atoms with Crippen molar-refractivity contribution < 1.29 is 9.18 Å². The van der Waals surface area contributed by atoms with Crippen LogP contribution >= 0.6 is 0 Å². The topological polar surface area (TPSA) is 41.1 Å². The third kappa shape index (κ3) is 4.89. The van der Waals surface area contributed by atoms with Crippen LogP contribution < -0.4 is 10.6 Å². The average Bonchev–Trinajstić information content (AvgIpc) is 2.51. The van der Waals surface area contributed by atoms with Crippen molar-refractivity contribution in [2.75, 3.05) is 11.9 Å². The van der Waals surface area contributed by atoms with Crippen molar-refractivity contribution in [1.82, 2.24) is 5.32 Å². The first-order valence-electron chi connectivity index (χ1n) is 7.81. The van der Waals surface area contributed by atoms with Crippen molar-refractivity contribution in [2.24, 2.45) is 5.92 Å². The molecular formula is C19H23FN2O. The van der Waals surface area contributed by atoms with Gasteiger partial charge in [-0.3, -0.25) is 4.79 Å². The second-order valence-electron chi connectivity index (χ2n) is 6.02. The third-order valence-electron chi connectivity index (χ3n) is 3.80. The van der Waals surface area contributed by atoms with Crippen molar-refractivity contribution in [2.45, 2.75) is 26.8 Å². The Kier molecular flexibility index (Phi) is 5.88. The first-order chi connectivity index (χ1) is 11.0. The van der Waals surface area contributed by atoms with Gasteiger partial charge in [0.05, 0.1) is 6.54 Å². The van der Waals surface area contributed by atoms with Crippen LogP contribution in [0.1, 0.15) is 31.0 Å². The van der Waals surface area contributed by atoms with Gasteiger partial charge in [-0.25, -0.2) is 4.39 Å². The number of carbonyl (C=O) groups is 1. The van der Waals surface area contributed by atoms with Gasteiger partial charge in [-0.2, -0.15) is 0 Å². The fraction of sp³-hybridized carbons (Fsp3) is 0.316. The molecular weight excluding hydrogens is 291 g/mol. The number of anilines is 1. The molecule has 1 amide bonds. The van der Waals surface area contributed by atoms with E-state index in [4.69, 9.17) is 0 Å². The lowest BCUT2D eigenvalue weighted by molar-refractivity contribution is -0.115. The Morgan fingerprint density at radius 3 is 2.35 bits per heavy atom. The minimum absolute atomic E-state index is 0.00165. The summed E-state index contributed by atoms with van der Waals surface area (Å²) in [5, 5.41) is 6.16. The first-order valence-corrected chi connectivity index (χ1v) is 7.81. The number of benzene rings is 2. The molecule has 3 nitrogen and oxygen atoms in total. The van der Waals surface area contributed by atoms with E-state index >= 15 is 0 Å². The second kappa shape index (κ2) is 7.88. The zero-order valence-corrected chi connectivity index (χ0v) is 13.8. The molecule has 4 heteroatoms. The van der Waals surface area contributed by atoms with E-state index in [9.17, 15) is 9.18 Å². The fourth-order valence-corrected chi connectivity index (χ4v) is 2.52. The van der Waals surface area contributed by atoms with E-state index in [1.165, 1.54) is 12.1 Å². The van der Waals surface area contributed by atoms with Crippen LogP contribution in [0, 0.1) is 18.7 Å². The Morgan fingerprint density at radius 1 is 1.09 bits per heavy atom. The molecule has 122 valence electrons. The minimum atomic E-state index is -0.256. The van der Waals surface area contributed by atoms with Gasteiger partial charge < -0.3 is 10.6 Å². The van der Waals surface area contributed by atoms with E-state index < -0.39 is 0 Å². The van der Waals surface area contributed by atoms with Crippen LogP contribution in [-0.2, 0) is 4.79 Å². The number of rotatable bonds is 6. The summed E-state index contributed by atoms with van der Waals surface area (Å²) in [5.41, 5.74) is 2.83. The predicted octanol–water partition coefficient (Wildman–Crippen LogP) is 4.06. The van der Waals surface area contributed by atoms with Gasteiger partial charge in [0, 0.05) is 11.7 Å². The van der Waals surface area contributed by atoms with Crippen LogP contribution in [0.15, 0.2) is 48.5 Å². The van der Waals surface area contributed by atoms with E-state index in [-0.39, 0.29) is 30.2 Å². The Balaban J connectivity index is 1.97. The van der Waals surface area contributed by atoms with Gasteiger partial charge in [0.2, 0.25) is 5.91 Å². The van der Waals surface area contributed by atoms with Gasteiger partial charge in [-0.05, 0) is 42.2 Å². The molecule has 0 aromatic heterocycles. The molecule has 0 aliphatic heterocycles. The maximum Gasteiger partial charge on any atom is 0.238 e. The van der Waals surface area contributed by atoms with E-state index in [0.29, 0.717) is 0 Å². The molecule has 2 aromatic rings. The van der Waals surface area contributed by atoms with Crippen molar-refractivity contribution in [1.29, 1.82) is 0 Å². The van der Waals surface area contributed by atoms with Crippen molar-refractivity contribution in [3.8, 4) is 0 Å². The molecule has 2 N–H and O–H groups in total. The number of aryl methyl sites for hydroxylation is 1. The number of nitrogens with one attached hydrogen (secondary N) is 2. The molecule has 0 saturated heterocycles. The van der Waals surface area contributed by atoms with Gasteiger partial charge in [-0.1, -0.05) is 44.2 Å². The number of halogens is 1. The van der Waals surface area contributed by atoms with E-state index in [1.54, 1.807) is 12.1 Å². The van der Waals surface area contributed by atoms with E-state index in [2.05, 4.69) is 24.5 Å². The van der Waals surface area contributed by atoms with Crippen molar-refractivity contribution in [3.63, 3.8) is 0 Å². The summed E-state index contributed by atoms with van der Waals surface area (Å²) >= 11 is 0. The molecule has 0 heterocycles. The van der Waals surface area contributed by atoms with Crippen LogP contribution in [0.25, 0.3) is 0 Å². The normalized spacial score (nSPS) is 12.2. The van der Waals surface area contributed by atoms with Crippen molar-refractivity contribution in [3.05, 3.63) is 65.5 Å². The predicted molar refractivity (Wildman–Crippen MR) is 91.8 cm³/mol. The minimum Gasteiger partial charge on any atom is -0.325 e. The lowest BCUT2D eigenvalue weighted by Crippen LogP contribution is -2.33. The summed E-state index contributed by atoms with van der Waals surface area (Å²) in [7, 11) is 0. The Bertz CT molecular complexity index is 653. The fourth-order valence-electron chi connectivity index (χ4n) is 2.52. The van der Waals surface area contributed by atoms with Crippen LogP contribution in [0.4, 0.5) is 10.1 Å². The second-order valence-corrected chi connectivity index (χ2v) is 6.02. The standard InChI is InChI=1S/C19H23FN2O/c1-13(2)19(15-8-10-16(20)11-9-15)21-12-18(23)22-17-7-5-4-6-14(17)3/h4-11,13,19,21H,12H2,1-3H3,(H,22,23)/t19-/m1/s1. The van der Waals surface area contributed by atoms with Crippen LogP contribution in [0.2, 0.25) is 0 Å². The highest BCUT2D eigenvalue weighted by molar-refractivity contribution is 5.92. The van der Waals surface area contributed by atoms with E-state index in [1.807, 2.05) is 31.2 Å². The Hall–Kier alpha value is -2.20. The molecule has 1 atom stereocenters. The highest BCUT2D eigenvalue weighted by atomic mass is 19.1. The molecule has 0 spiro atoms. The summed E-state index contributed by atoms with van der Waals surface area (Å²) in [5.74, 6) is -0.0627. The number of para-hydroxylation sites is 1. The summed E-state index contributed by atoms with van der Waals surface area (Å²) < 4.78 is 13.1. The molecule has 2 aromatic carbocycles. The summed E-state index contributed by atoms with van der Waals surface area (Å²) in [4.78, 5) is 12.1. The maximum atomic E-state index is 13.1. The first kappa shape index (κ1) is 17.2. The molecule has 0 saturated carbocycles. The zero-order valence-electron chi connectivity index (χ0n) is 13.8. The van der Waals surface area contributed by atoms with Gasteiger partial charge in [0.1, 0.15) is 5.82 Å². The van der Waals surface area contributed by atoms with Crippen LogP contribution in [-0.4, -0.2) is 12.5 Å². The monoisotopic (exact) mass is 314 g/mol. The van der Waals surface area contributed by atoms with Crippen LogP contribution in [0.3, 0.4) is 0 Å². The molecule has 0 fully saturated rings. The molecule has 2 rings (SSSR count). The summed E-state index contributed by atoms with van der Waals surface area (Å²) in [6.45, 7) is 6.30. The molecule has 0 radical (unpaired) electrons. The highest BCUT2D eigenvalue weighted by Crippen LogP contribution is 2.21.